The molecule has 0 saturated carbocycles. The molecule has 0 radical (unpaired) electrons. The Morgan fingerprint density at radius 3 is 2.73 bits per heavy atom. The minimum absolute atomic E-state index is 0.588. The van der Waals surface area contributed by atoms with Gasteiger partial charge in [-0.05, 0) is 0 Å². The van der Waals surface area contributed by atoms with Gasteiger partial charge in [0.25, 0.3) is 0 Å². The molecule has 11 heavy (non-hydrogen) atoms. The van der Waals surface area contributed by atoms with Crippen LogP contribution < -0.4 is 5.43 Å². The predicted octanol–water partition coefficient (Wildman–Crippen LogP) is 2.16. The molecule has 0 aromatic rings. The van der Waals surface area contributed by atoms with Crippen LogP contribution in [0, 0.1) is 0 Å². The van der Waals surface area contributed by atoms with Crippen molar-refractivity contribution >= 4 is 6.71 Å². The van der Waals surface area contributed by atoms with Crippen molar-refractivity contribution in [2.45, 2.75) is 26.5 Å². The van der Waals surface area contributed by atoms with E-state index in [1.165, 1.54) is 6.20 Å². The Kier molecular flexibility index (Phi) is 5.52. The van der Waals surface area contributed by atoms with Gasteiger partial charge in [-0.1, -0.05) is 38.3 Å². The van der Waals surface area contributed by atoms with Gasteiger partial charge in [-0.2, -0.15) is 5.11 Å². The second kappa shape index (κ2) is 5.95. The molecule has 3 nitrogen and oxygen atoms in total. The quantitative estimate of drug-likeness (QED) is 0.366. The minimum Gasteiger partial charge on any atom is -0.268 e. The van der Waals surface area contributed by atoms with E-state index >= 15 is 0 Å². The lowest BCUT2D eigenvalue weighted by Gasteiger charge is -2.06. The summed E-state index contributed by atoms with van der Waals surface area (Å²) in [5.74, 6) is 0.665. The summed E-state index contributed by atoms with van der Waals surface area (Å²) in [6.07, 6.45) is 2.28. The van der Waals surface area contributed by atoms with Gasteiger partial charge in [0.15, 0.2) is 6.71 Å². The van der Waals surface area contributed by atoms with E-state index in [-0.39, 0.29) is 0 Å². The van der Waals surface area contributed by atoms with E-state index in [4.69, 9.17) is 0 Å². The van der Waals surface area contributed by atoms with Crippen molar-refractivity contribution in [1.82, 2.24) is 5.43 Å². The zero-order valence-electron chi connectivity index (χ0n) is 7.54. The number of hydrogen-bond donors (Lipinski definition) is 1. The average molecular weight is 153 g/mol. The first-order chi connectivity index (χ1) is 5.18. The Labute approximate surface area is 69.0 Å². The van der Waals surface area contributed by atoms with E-state index in [0.29, 0.717) is 12.5 Å². The maximum atomic E-state index is 3.92. The summed E-state index contributed by atoms with van der Waals surface area (Å²) in [6.45, 7) is 10.6. The van der Waals surface area contributed by atoms with Crippen LogP contribution in [-0.4, -0.2) is 13.2 Å². The van der Waals surface area contributed by atoms with Gasteiger partial charge in [0, 0.05) is 12.6 Å². The molecule has 0 atom stereocenters. The SMILES string of the molecule is C=CN/N=N\CB(C)C(C)C. The monoisotopic (exact) mass is 153 g/mol. The van der Waals surface area contributed by atoms with Crippen LogP contribution in [0.1, 0.15) is 13.8 Å². The van der Waals surface area contributed by atoms with E-state index in [9.17, 15) is 0 Å². The second-order valence-electron chi connectivity index (χ2n) is 2.98. The molecule has 0 fully saturated rings. The molecule has 62 valence electrons. The molecule has 0 bridgehead atoms. The van der Waals surface area contributed by atoms with E-state index in [1.807, 2.05) is 0 Å². The molecule has 0 unspecified atom stereocenters. The fraction of sp³-hybridized carbons (Fsp3) is 0.714. The number of nitrogens with zero attached hydrogens (tertiary/aromatic N) is 2. The molecule has 0 heterocycles. The third kappa shape index (κ3) is 5.64. The second-order valence-corrected chi connectivity index (χ2v) is 2.98. The van der Waals surface area contributed by atoms with Gasteiger partial charge in [-0.15, -0.1) is 0 Å². The third-order valence-electron chi connectivity index (χ3n) is 1.73. The summed E-state index contributed by atoms with van der Waals surface area (Å²) < 4.78 is 0. The van der Waals surface area contributed by atoms with Crippen molar-refractivity contribution < 1.29 is 0 Å². The van der Waals surface area contributed by atoms with Crippen LogP contribution in [0.25, 0.3) is 0 Å². The van der Waals surface area contributed by atoms with Crippen molar-refractivity contribution in [3.05, 3.63) is 12.8 Å². The van der Waals surface area contributed by atoms with Crippen LogP contribution in [-0.2, 0) is 0 Å². The van der Waals surface area contributed by atoms with Crippen LogP contribution in [0.5, 0.6) is 0 Å². The summed E-state index contributed by atoms with van der Waals surface area (Å²) in [7, 11) is 0. The summed E-state index contributed by atoms with van der Waals surface area (Å²) in [4.78, 5) is 0. The van der Waals surface area contributed by atoms with Gasteiger partial charge in [-0.3, -0.25) is 5.43 Å². The van der Waals surface area contributed by atoms with Gasteiger partial charge in [0.1, 0.15) is 0 Å². The summed E-state index contributed by atoms with van der Waals surface area (Å²) >= 11 is 0. The fourth-order valence-corrected chi connectivity index (χ4v) is 0.462. The van der Waals surface area contributed by atoms with Crippen molar-refractivity contribution in [1.29, 1.82) is 0 Å². The smallest absolute Gasteiger partial charge is 0.168 e. The highest BCUT2D eigenvalue weighted by Gasteiger charge is 2.09. The van der Waals surface area contributed by atoms with Gasteiger partial charge in [0.05, 0.1) is 0 Å². The van der Waals surface area contributed by atoms with E-state index < -0.39 is 0 Å². The molecular weight excluding hydrogens is 137 g/mol. The fourth-order valence-electron chi connectivity index (χ4n) is 0.462. The standard InChI is InChI=1S/C7H16BN3/c1-5-9-11-10-6-8(4)7(2)3/h5,7H,1,6H2,2-4H3,(H,9,10). The van der Waals surface area contributed by atoms with Crippen molar-refractivity contribution in [3.63, 3.8) is 0 Å². The maximum absolute atomic E-state index is 3.92. The van der Waals surface area contributed by atoms with Crippen LogP contribution in [0.3, 0.4) is 0 Å². The van der Waals surface area contributed by atoms with Crippen molar-refractivity contribution in [2.24, 2.45) is 10.3 Å². The lowest BCUT2D eigenvalue weighted by atomic mass is 9.44. The zero-order valence-corrected chi connectivity index (χ0v) is 7.54. The van der Waals surface area contributed by atoms with Gasteiger partial charge in [-0.25, -0.2) is 0 Å². The normalized spacial score (nSPS) is 10.5. The molecular formula is C7H16BN3. The molecule has 0 rings (SSSR count). The van der Waals surface area contributed by atoms with E-state index in [1.54, 1.807) is 0 Å². The predicted molar refractivity (Wildman–Crippen MR) is 49.8 cm³/mol. The molecule has 0 spiro atoms. The Morgan fingerprint density at radius 1 is 1.64 bits per heavy atom. The highest BCUT2D eigenvalue weighted by Crippen LogP contribution is 2.06. The molecule has 0 aliphatic rings. The molecule has 0 aromatic carbocycles. The first-order valence-electron chi connectivity index (χ1n) is 3.91. The van der Waals surface area contributed by atoms with Crippen LogP contribution in [0.2, 0.25) is 12.6 Å². The Bertz CT molecular complexity index is 134. The molecule has 0 aliphatic carbocycles. The molecule has 0 aliphatic heterocycles. The summed E-state index contributed by atoms with van der Waals surface area (Å²) in [5.41, 5.74) is 2.56. The third-order valence-corrected chi connectivity index (χ3v) is 1.73. The topological polar surface area (TPSA) is 36.8 Å². The molecule has 0 aromatic heterocycles. The average Bonchev–Trinajstić information content (AvgIpc) is 1.97. The Balaban J connectivity index is 3.44. The lowest BCUT2D eigenvalue weighted by Crippen LogP contribution is -2.16. The first kappa shape index (κ1) is 10.2. The number of rotatable bonds is 5. The van der Waals surface area contributed by atoms with Crippen LogP contribution in [0.15, 0.2) is 23.1 Å². The van der Waals surface area contributed by atoms with Crippen molar-refractivity contribution in [2.75, 3.05) is 6.44 Å². The summed E-state index contributed by atoms with van der Waals surface area (Å²) in [5, 5.41) is 7.59. The van der Waals surface area contributed by atoms with Gasteiger partial charge in [0.2, 0.25) is 0 Å². The molecule has 4 heteroatoms. The lowest BCUT2D eigenvalue weighted by molar-refractivity contribution is 0.836. The largest absolute Gasteiger partial charge is 0.268 e. The number of nitrogens with one attached hydrogen (secondary N) is 1. The Hall–Kier alpha value is -0.795. The van der Waals surface area contributed by atoms with Gasteiger partial charge < -0.3 is 0 Å². The number of hydrogen-bond acceptors (Lipinski definition) is 2. The van der Waals surface area contributed by atoms with Gasteiger partial charge >= 0.3 is 0 Å². The first-order valence-corrected chi connectivity index (χ1v) is 3.91. The molecule has 1 N–H and O–H groups in total. The highest BCUT2D eigenvalue weighted by molar-refractivity contribution is 6.59. The maximum Gasteiger partial charge on any atom is 0.168 e. The summed E-state index contributed by atoms with van der Waals surface area (Å²) in [6, 6.07) is 0. The van der Waals surface area contributed by atoms with Crippen LogP contribution >= 0.6 is 0 Å². The molecule has 0 amide bonds. The minimum atomic E-state index is 0.588. The zero-order chi connectivity index (χ0) is 8.69. The van der Waals surface area contributed by atoms with Crippen LogP contribution in [0.4, 0.5) is 0 Å². The highest BCUT2D eigenvalue weighted by atomic mass is 15.4. The molecule has 0 saturated heterocycles. The Morgan fingerprint density at radius 2 is 2.27 bits per heavy atom. The van der Waals surface area contributed by atoms with E-state index in [2.05, 4.69) is 43.0 Å². The van der Waals surface area contributed by atoms with E-state index in [0.717, 1.165) is 6.44 Å². The van der Waals surface area contributed by atoms with Crippen molar-refractivity contribution in [3.8, 4) is 0 Å².